The van der Waals surface area contributed by atoms with Gasteiger partial charge in [-0.2, -0.15) is 0 Å². The lowest BCUT2D eigenvalue weighted by Gasteiger charge is -2.43. The number of aliphatic imine (C=N–C) groups is 1. The van der Waals surface area contributed by atoms with E-state index in [2.05, 4.69) is 80.3 Å². The second-order valence-corrected chi connectivity index (χ2v) is 9.72. The van der Waals surface area contributed by atoms with Gasteiger partial charge in [0.1, 0.15) is 12.4 Å². The fraction of sp³-hybridized carbons (Fsp3) is 0.393. The first-order valence-corrected chi connectivity index (χ1v) is 11.5. The van der Waals surface area contributed by atoms with Gasteiger partial charge in [0.15, 0.2) is 5.90 Å². The smallest absolute Gasteiger partial charge is 0.195 e. The van der Waals surface area contributed by atoms with Crippen LogP contribution in [0.3, 0.4) is 0 Å². The van der Waals surface area contributed by atoms with Gasteiger partial charge in [-0.05, 0) is 43.4 Å². The first-order chi connectivity index (χ1) is 15.5. The van der Waals surface area contributed by atoms with Crippen LogP contribution in [0.15, 0.2) is 77.8 Å². The summed E-state index contributed by atoms with van der Waals surface area (Å²) in [5.74, 6) is 2.02. The summed E-state index contributed by atoms with van der Waals surface area (Å²) in [4.78, 5) is 5.11. The molecule has 0 amide bonds. The van der Waals surface area contributed by atoms with Crippen LogP contribution in [-0.2, 0) is 21.3 Å². The van der Waals surface area contributed by atoms with Gasteiger partial charge in [0.05, 0.1) is 18.1 Å². The average molecular weight is 429 g/mol. The molecule has 3 aliphatic rings. The standard InChI is InChI=1S/C28H32N2O2/c1-5-15-28(26-30-27(2,3)18-32-26)21-14-10-9-13-20(21)25(31-4)24-22(28)17-29-23(24)16-19-11-7-6-8-12-19/h5-14,22-23,29H,1,15-18H2,2-4H3/t22-,23?,28-/m0/s1. The maximum Gasteiger partial charge on any atom is 0.195 e. The molecule has 1 fully saturated rings. The van der Waals surface area contributed by atoms with Crippen LogP contribution in [0.25, 0.3) is 5.76 Å². The number of hydrogen-bond donors (Lipinski definition) is 1. The molecule has 1 aliphatic carbocycles. The molecule has 32 heavy (non-hydrogen) atoms. The van der Waals surface area contributed by atoms with Crippen molar-refractivity contribution >= 4 is 11.7 Å². The summed E-state index contributed by atoms with van der Waals surface area (Å²) in [6, 6.07) is 19.5. The topological polar surface area (TPSA) is 42.9 Å². The highest BCUT2D eigenvalue weighted by atomic mass is 16.5. The molecule has 0 bridgehead atoms. The Morgan fingerprint density at radius 2 is 1.91 bits per heavy atom. The number of allylic oxidation sites excluding steroid dienone is 1. The van der Waals surface area contributed by atoms with E-state index >= 15 is 0 Å². The molecule has 2 aliphatic heterocycles. The lowest BCUT2D eigenvalue weighted by Crippen LogP contribution is -2.47. The quantitative estimate of drug-likeness (QED) is 0.665. The van der Waals surface area contributed by atoms with E-state index in [0.717, 1.165) is 36.6 Å². The van der Waals surface area contributed by atoms with Crippen LogP contribution < -0.4 is 5.32 Å². The third-order valence-electron chi connectivity index (χ3n) is 7.13. The van der Waals surface area contributed by atoms with Crippen LogP contribution in [0.5, 0.6) is 0 Å². The van der Waals surface area contributed by atoms with Gasteiger partial charge in [-0.1, -0.05) is 60.7 Å². The van der Waals surface area contributed by atoms with Crippen molar-refractivity contribution < 1.29 is 9.47 Å². The summed E-state index contributed by atoms with van der Waals surface area (Å²) in [6.45, 7) is 9.87. The summed E-state index contributed by atoms with van der Waals surface area (Å²) in [7, 11) is 1.79. The predicted octanol–water partition coefficient (Wildman–Crippen LogP) is 4.91. The molecule has 4 nitrogen and oxygen atoms in total. The van der Waals surface area contributed by atoms with Gasteiger partial charge in [-0.3, -0.25) is 0 Å². The molecule has 166 valence electrons. The molecule has 3 atom stereocenters. The van der Waals surface area contributed by atoms with Crippen molar-refractivity contribution in [3.05, 3.63) is 89.5 Å². The lowest BCUT2D eigenvalue weighted by molar-refractivity contribution is 0.242. The van der Waals surface area contributed by atoms with Crippen LogP contribution in [0.1, 0.15) is 37.0 Å². The van der Waals surface area contributed by atoms with E-state index in [1.54, 1.807) is 7.11 Å². The molecule has 1 N–H and O–H groups in total. The van der Waals surface area contributed by atoms with Crippen LogP contribution >= 0.6 is 0 Å². The Balaban J connectivity index is 1.71. The van der Waals surface area contributed by atoms with Gasteiger partial charge in [0.2, 0.25) is 0 Å². The van der Waals surface area contributed by atoms with Crippen LogP contribution in [-0.4, -0.2) is 37.7 Å². The maximum atomic E-state index is 6.36. The highest BCUT2D eigenvalue weighted by Crippen LogP contribution is 2.54. The van der Waals surface area contributed by atoms with E-state index < -0.39 is 0 Å². The van der Waals surface area contributed by atoms with E-state index in [1.165, 1.54) is 16.7 Å². The Morgan fingerprint density at radius 3 is 2.59 bits per heavy atom. The number of ether oxygens (including phenoxy) is 2. The van der Waals surface area contributed by atoms with Crippen molar-refractivity contribution in [3.63, 3.8) is 0 Å². The molecule has 0 aromatic heterocycles. The number of rotatable bonds is 6. The van der Waals surface area contributed by atoms with Crippen LogP contribution in [0, 0.1) is 5.92 Å². The zero-order chi connectivity index (χ0) is 22.3. The normalized spacial score (nSPS) is 27.9. The highest BCUT2D eigenvalue weighted by molar-refractivity contribution is 5.95. The van der Waals surface area contributed by atoms with Gasteiger partial charge >= 0.3 is 0 Å². The third kappa shape index (κ3) is 3.20. The summed E-state index contributed by atoms with van der Waals surface area (Å²) in [5.41, 5.74) is 4.40. The average Bonchev–Trinajstić information content (AvgIpc) is 3.38. The second-order valence-electron chi connectivity index (χ2n) is 9.72. The molecular weight excluding hydrogens is 396 g/mol. The van der Waals surface area contributed by atoms with Crippen molar-refractivity contribution in [1.29, 1.82) is 0 Å². The van der Waals surface area contributed by atoms with E-state index in [1.807, 2.05) is 6.08 Å². The van der Waals surface area contributed by atoms with Gasteiger partial charge in [0.25, 0.3) is 0 Å². The minimum absolute atomic E-state index is 0.187. The maximum absolute atomic E-state index is 6.36. The lowest BCUT2D eigenvalue weighted by atomic mass is 9.60. The fourth-order valence-electron chi connectivity index (χ4n) is 5.80. The van der Waals surface area contributed by atoms with Crippen molar-refractivity contribution in [3.8, 4) is 0 Å². The fourth-order valence-corrected chi connectivity index (χ4v) is 5.80. The van der Waals surface area contributed by atoms with Crippen molar-refractivity contribution in [1.82, 2.24) is 5.32 Å². The van der Waals surface area contributed by atoms with Gasteiger partial charge in [-0.25, -0.2) is 4.99 Å². The molecule has 1 saturated heterocycles. The monoisotopic (exact) mass is 428 g/mol. The molecule has 1 unspecified atom stereocenters. The zero-order valence-corrected chi connectivity index (χ0v) is 19.2. The Morgan fingerprint density at radius 1 is 1.16 bits per heavy atom. The van der Waals surface area contributed by atoms with Crippen LogP contribution in [0.4, 0.5) is 0 Å². The first-order valence-electron chi connectivity index (χ1n) is 11.5. The van der Waals surface area contributed by atoms with E-state index in [4.69, 9.17) is 14.5 Å². The summed E-state index contributed by atoms with van der Waals surface area (Å²) in [6.07, 6.45) is 3.71. The molecule has 5 rings (SSSR count). The molecule has 2 aromatic carbocycles. The van der Waals surface area contributed by atoms with Gasteiger partial charge < -0.3 is 14.8 Å². The minimum atomic E-state index is -0.387. The minimum Gasteiger partial charge on any atom is -0.496 e. The Hall–Kier alpha value is -2.85. The molecule has 0 spiro atoms. The van der Waals surface area contributed by atoms with Crippen LogP contribution in [0.2, 0.25) is 0 Å². The van der Waals surface area contributed by atoms with Crippen molar-refractivity contribution in [2.45, 2.75) is 43.7 Å². The summed E-state index contributed by atoms with van der Waals surface area (Å²) < 4.78 is 12.5. The van der Waals surface area contributed by atoms with E-state index in [9.17, 15) is 0 Å². The van der Waals surface area contributed by atoms with E-state index in [0.29, 0.717) is 6.61 Å². The molecule has 2 heterocycles. The summed E-state index contributed by atoms with van der Waals surface area (Å²) >= 11 is 0. The Kier molecular flexibility index (Phi) is 5.21. The molecule has 0 saturated carbocycles. The van der Waals surface area contributed by atoms with Crippen molar-refractivity contribution in [2.24, 2.45) is 10.9 Å². The van der Waals surface area contributed by atoms with Gasteiger partial charge in [0, 0.05) is 24.1 Å². The number of hydrogen-bond acceptors (Lipinski definition) is 4. The van der Waals surface area contributed by atoms with E-state index in [-0.39, 0.29) is 22.9 Å². The van der Waals surface area contributed by atoms with Crippen molar-refractivity contribution in [2.75, 3.05) is 20.3 Å². The molecule has 0 radical (unpaired) electrons. The second kappa shape index (κ2) is 7.93. The molecule has 2 aromatic rings. The molecular formula is C28H32N2O2. The third-order valence-corrected chi connectivity index (χ3v) is 7.13. The highest BCUT2D eigenvalue weighted by Gasteiger charge is 2.57. The largest absolute Gasteiger partial charge is 0.496 e. The summed E-state index contributed by atoms with van der Waals surface area (Å²) in [5, 5.41) is 3.82. The Bertz CT molecular complexity index is 1090. The Labute approximate surface area is 191 Å². The number of fused-ring (bicyclic) bond motifs is 2. The number of nitrogens with one attached hydrogen (secondary N) is 1. The number of methoxy groups -OCH3 is 1. The number of benzene rings is 2. The SMILES string of the molecule is C=CC[C@]1(C2=NC(C)(C)CO2)c2ccccc2C(OC)=C2C(Cc3ccccc3)NC[C@@H]21. The predicted molar refractivity (Wildman–Crippen MR) is 130 cm³/mol. The first kappa shape index (κ1) is 21.0. The number of nitrogens with zero attached hydrogens (tertiary/aromatic N) is 1. The van der Waals surface area contributed by atoms with Gasteiger partial charge in [-0.15, -0.1) is 6.58 Å². The zero-order valence-electron chi connectivity index (χ0n) is 19.2. The molecule has 4 heteroatoms.